The number of rotatable bonds is 5. The topological polar surface area (TPSA) is 55.6 Å². The summed E-state index contributed by atoms with van der Waals surface area (Å²) in [5, 5.41) is 11.6. The number of aryl methyl sites for hydroxylation is 1. The molecule has 0 amide bonds. The zero-order chi connectivity index (χ0) is 13.8. The van der Waals surface area contributed by atoms with E-state index >= 15 is 0 Å². The monoisotopic (exact) mass is 387 g/mol. The van der Waals surface area contributed by atoms with E-state index in [4.69, 9.17) is 0 Å². The van der Waals surface area contributed by atoms with Crippen LogP contribution in [0, 0.1) is 0 Å². The van der Waals surface area contributed by atoms with Gasteiger partial charge in [0.15, 0.2) is 4.60 Å². The number of pyridine rings is 1. The van der Waals surface area contributed by atoms with Gasteiger partial charge in [-0.05, 0) is 57.0 Å². The SMILES string of the molecule is CCCNC(c1ncccc1Br)c1c(Br)nnn1C. The van der Waals surface area contributed by atoms with Crippen LogP contribution in [0.3, 0.4) is 0 Å². The van der Waals surface area contributed by atoms with Crippen molar-refractivity contribution in [3.8, 4) is 0 Å². The standard InChI is InChI=1S/C12H15Br2N5/c1-3-6-15-10(9-8(13)5-4-7-16-9)11-12(14)17-18-19(11)2/h4-5,7,10,15H,3,6H2,1-2H3. The van der Waals surface area contributed by atoms with E-state index in [0.29, 0.717) is 0 Å². The Labute approximate surface area is 129 Å². The molecule has 0 aliphatic heterocycles. The Morgan fingerprint density at radius 1 is 1.42 bits per heavy atom. The smallest absolute Gasteiger partial charge is 0.153 e. The first-order valence-electron chi connectivity index (χ1n) is 6.04. The summed E-state index contributed by atoms with van der Waals surface area (Å²) >= 11 is 7.01. The van der Waals surface area contributed by atoms with Gasteiger partial charge in [0.05, 0.1) is 17.4 Å². The van der Waals surface area contributed by atoms with Gasteiger partial charge in [-0.15, -0.1) is 5.10 Å². The van der Waals surface area contributed by atoms with Crippen LogP contribution in [0.4, 0.5) is 0 Å². The molecule has 0 aliphatic rings. The summed E-state index contributed by atoms with van der Waals surface area (Å²) in [5.41, 5.74) is 1.90. The predicted octanol–water partition coefficient (Wildman–Crippen LogP) is 2.82. The minimum Gasteiger partial charge on any atom is -0.304 e. The molecule has 19 heavy (non-hydrogen) atoms. The Bertz CT molecular complexity index is 535. The number of hydrogen-bond acceptors (Lipinski definition) is 4. The highest BCUT2D eigenvalue weighted by molar-refractivity contribution is 9.10. The van der Waals surface area contributed by atoms with Gasteiger partial charge in [0.1, 0.15) is 0 Å². The molecule has 5 nitrogen and oxygen atoms in total. The fourth-order valence-electron chi connectivity index (χ4n) is 1.87. The highest BCUT2D eigenvalue weighted by Crippen LogP contribution is 2.29. The van der Waals surface area contributed by atoms with Crippen LogP contribution in [-0.2, 0) is 7.05 Å². The summed E-state index contributed by atoms with van der Waals surface area (Å²) < 4.78 is 3.47. The number of nitrogens with zero attached hydrogens (tertiary/aromatic N) is 4. The molecule has 2 rings (SSSR count). The minimum absolute atomic E-state index is 0.0510. The number of hydrogen-bond donors (Lipinski definition) is 1. The molecule has 0 aliphatic carbocycles. The molecule has 1 N–H and O–H groups in total. The zero-order valence-electron chi connectivity index (χ0n) is 10.8. The maximum Gasteiger partial charge on any atom is 0.153 e. The normalized spacial score (nSPS) is 12.6. The van der Waals surface area contributed by atoms with Crippen molar-refractivity contribution in [2.45, 2.75) is 19.4 Å². The van der Waals surface area contributed by atoms with Crippen molar-refractivity contribution in [1.82, 2.24) is 25.3 Å². The van der Waals surface area contributed by atoms with Gasteiger partial charge in [-0.25, -0.2) is 4.68 Å². The molecule has 0 spiro atoms. The molecular formula is C12H15Br2N5. The van der Waals surface area contributed by atoms with E-state index < -0.39 is 0 Å². The van der Waals surface area contributed by atoms with Gasteiger partial charge in [0.2, 0.25) is 0 Å². The van der Waals surface area contributed by atoms with Crippen LogP contribution in [0.25, 0.3) is 0 Å². The number of aromatic nitrogens is 4. The summed E-state index contributed by atoms with van der Waals surface area (Å²) in [5.74, 6) is 0. The van der Waals surface area contributed by atoms with E-state index in [1.54, 1.807) is 10.9 Å². The van der Waals surface area contributed by atoms with Gasteiger partial charge >= 0.3 is 0 Å². The Balaban J connectivity index is 2.45. The first-order valence-corrected chi connectivity index (χ1v) is 7.62. The van der Waals surface area contributed by atoms with Gasteiger partial charge in [-0.3, -0.25) is 4.98 Å². The quantitative estimate of drug-likeness (QED) is 0.855. The second kappa shape index (κ2) is 6.58. The lowest BCUT2D eigenvalue weighted by molar-refractivity contribution is 0.538. The van der Waals surface area contributed by atoms with E-state index in [9.17, 15) is 0 Å². The summed E-state index contributed by atoms with van der Waals surface area (Å²) in [6.45, 7) is 3.03. The second-order valence-corrected chi connectivity index (χ2v) is 5.75. The Morgan fingerprint density at radius 2 is 2.21 bits per heavy atom. The van der Waals surface area contributed by atoms with Crippen molar-refractivity contribution in [1.29, 1.82) is 0 Å². The third-order valence-electron chi connectivity index (χ3n) is 2.76. The second-order valence-electron chi connectivity index (χ2n) is 4.15. The van der Waals surface area contributed by atoms with Crippen LogP contribution < -0.4 is 5.32 Å². The fourth-order valence-corrected chi connectivity index (χ4v) is 2.91. The summed E-state index contributed by atoms with van der Waals surface area (Å²) in [4.78, 5) is 4.47. The number of halogens is 2. The summed E-state index contributed by atoms with van der Waals surface area (Å²) in [6.07, 6.45) is 2.84. The molecule has 0 saturated heterocycles. The van der Waals surface area contributed by atoms with Crippen molar-refractivity contribution in [2.24, 2.45) is 7.05 Å². The van der Waals surface area contributed by atoms with E-state index in [-0.39, 0.29) is 6.04 Å². The largest absolute Gasteiger partial charge is 0.304 e. The molecule has 0 radical (unpaired) electrons. The lowest BCUT2D eigenvalue weighted by Crippen LogP contribution is -2.26. The van der Waals surface area contributed by atoms with E-state index in [0.717, 1.165) is 33.4 Å². The van der Waals surface area contributed by atoms with Gasteiger partial charge in [0, 0.05) is 17.7 Å². The summed E-state index contributed by atoms with van der Waals surface area (Å²) in [6, 6.07) is 3.84. The van der Waals surface area contributed by atoms with Crippen molar-refractivity contribution in [2.75, 3.05) is 6.54 Å². The van der Waals surface area contributed by atoms with Gasteiger partial charge < -0.3 is 5.32 Å². The third kappa shape index (κ3) is 3.21. The highest BCUT2D eigenvalue weighted by Gasteiger charge is 2.24. The maximum atomic E-state index is 4.47. The molecule has 1 unspecified atom stereocenters. The fraction of sp³-hybridized carbons (Fsp3) is 0.417. The molecule has 7 heteroatoms. The van der Waals surface area contributed by atoms with Crippen LogP contribution in [-0.4, -0.2) is 26.5 Å². The predicted molar refractivity (Wildman–Crippen MR) is 80.8 cm³/mol. The third-order valence-corrected chi connectivity index (χ3v) is 3.99. The lowest BCUT2D eigenvalue weighted by atomic mass is 10.1. The van der Waals surface area contributed by atoms with Crippen molar-refractivity contribution in [3.05, 3.63) is 38.8 Å². The molecule has 102 valence electrons. The van der Waals surface area contributed by atoms with Crippen molar-refractivity contribution in [3.63, 3.8) is 0 Å². The van der Waals surface area contributed by atoms with Gasteiger partial charge in [-0.1, -0.05) is 12.1 Å². The van der Waals surface area contributed by atoms with E-state index in [2.05, 4.69) is 59.4 Å². The van der Waals surface area contributed by atoms with Gasteiger partial charge in [-0.2, -0.15) is 0 Å². The van der Waals surface area contributed by atoms with E-state index in [1.165, 1.54) is 0 Å². The Hall–Kier alpha value is -0.790. The van der Waals surface area contributed by atoms with Crippen LogP contribution in [0.1, 0.15) is 30.8 Å². The molecule has 0 bridgehead atoms. The Kier molecular flexibility index (Phi) is 5.06. The molecular weight excluding hydrogens is 374 g/mol. The van der Waals surface area contributed by atoms with Crippen LogP contribution in [0.15, 0.2) is 27.4 Å². The molecule has 0 saturated carbocycles. The van der Waals surface area contributed by atoms with E-state index in [1.807, 2.05) is 19.2 Å². The first-order chi connectivity index (χ1) is 9.15. The minimum atomic E-state index is -0.0510. The zero-order valence-corrected chi connectivity index (χ0v) is 13.9. The van der Waals surface area contributed by atoms with Crippen LogP contribution in [0.2, 0.25) is 0 Å². The average molecular weight is 389 g/mol. The Morgan fingerprint density at radius 3 is 2.79 bits per heavy atom. The summed E-state index contributed by atoms with van der Waals surface area (Å²) in [7, 11) is 1.88. The first kappa shape index (κ1) is 14.6. The number of nitrogens with one attached hydrogen (secondary N) is 1. The lowest BCUT2D eigenvalue weighted by Gasteiger charge is -2.19. The van der Waals surface area contributed by atoms with Crippen LogP contribution >= 0.6 is 31.9 Å². The van der Waals surface area contributed by atoms with Crippen molar-refractivity contribution >= 4 is 31.9 Å². The van der Waals surface area contributed by atoms with Crippen LogP contribution in [0.5, 0.6) is 0 Å². The average Bonchev–Trinajstić information content (AvgIpc) is 2.73. The molecule has 0 fully saturated rings. The van der Waals surface area contributed by atoms with Gasteiger partial charge in [0.25, 0.3) is 0 Å². The maximum absolute atomic E-state index is 4.47. The molecule has 0 aromatic carbocycles. The molecule has 2 aromatic rings. The molecule has 2 aromatic heterocycles. The highest BCUT2D eigenvalue weighted by atomic mass is 79.9. The molecule has 2 heterocycles. The van der Waals surface area contributed by atoms with Crippen molar-refractivity contribution < 1.29 is 0 Å². The molecule has 1 atom stereocenters.